The molecule has 9 heteroatoms. The van der Waals surface area contributed by atoms with Gasteiger partial charge in [-0.05, 0) is 6.07 Å². The number of alkyl halides is 1. The van der Waals surface area contributed by atoms with Gasteiger partial charge in [0.2, 0.25) is 11.5 Å². The molecule has 0 aliphatic carbocycles. The molecule has 3 rings (SSSR count). The zero-order chi connectivity index (χ0) is 18.2. The number of aliphatic hydroxyl groups excluding tert-OH is 2. The lowest BCUT2D eigenvalue weighted by Gasteiger charge is -2.31. The van der Waals surface area contributed by atoms with Crippen LogP contribution >= 0.6 is 0 Å². The Balaban J connectivity index is 2.23. The van der Waals surface area contributed by atoms with Crippen LogP contribution < -0.4 is 11.4 Å². The summed E-state index contributed by atoms with van der Waals surface area (Å²) in [6, 6.07) is 8.84. The second-order valence-electron chi connectivity index (χ2n) is 5.63. The lowest BCUT2D eigenvalue weighted by Crippen LogP contribution is -2.54. The van der Waals surface area contributed by atoms with Crippen molar-refractivity contribution < 1.29 is 24.1 Å². The Hall–Kier alpha value is -2.62. The molecule has 1 aliphatic heterocycles. The number of aromatic nitrogens is 2. The van der Waals surface area contributed by atoms with Crippen LogP contribution in [0.1, 0.15) is 10.4 Å². The molecule has 0 unspecified atom stereocenters. The number of rotatable bonds is 4. The number of aliphatic hydroxyl groups is 2. The molecule has 0 spiro atoms. The first-order chi connectivity index (χ1) is 11.9. The maximum Gasteiger partial charge on any atom is 0.352 e. The first kappa shape index (κ1) is 17.2. The van der Waals surface area contributed by atoms with Crippen LogP contribution in [0.4, 0.5) is 10.2 Å². The highest BCUT2D eigenvalue weighted by atomic mass is 19.1. The van der Waals surface area contributed by atoms with Gasteiger partial charge in [-0.2, -0.15) is 4.98 Å². The highest BCUT2D eigenvalue weighted by Crippen LogP contribution is 2.39. The number of benzene rings is 1. The molecule has 4 N–H and O–H groups in total. The van der Waals surface area contributed by atoms with Gasteiger partial charge in [0, 0.05) is 11.8 Å². The topological polar surface area (TPSA) is 128 Å². The van der Waals surface area contributed by atoms with E-state index >= 15 is 4.39 Å². The smallest absolute Gasteiger partial charge is 0.352 e. The number of halogens is 1. The molecule has 1 fully saturated rings. The van der Waals surface area contributed by atoms with Crippen LogP contribution in [-0.4, -0.2) is 50.5 Å². The summed E-state index contributed by atoms with van der Waals surface area (Å²) in [5, 5.41) is 19.3. The molecule has 0 radical (unpaired) electrons. The molecule has 0 amide bonds. The zero-order valence-corrected chi connectivity index (χ0v) is 12.9. The quantitative estimate of drug-likeness (QED) is 0.632. The van der Waals surface area contributed by atoms with Gasteiger partial charge in [-0.1, -0.05) is 30.3 Å². The van der Waals surface area contributed by atoms with E-state index in [9.17, 15) is 19.8 Å². The number of Topliss-reactive ketones (excluding diaryl/α,β-unsaturated/α-hetero) is 1. The van der Waals surface area contributed by atoms with Crippen LogP contribution in [0.2, 0.25) is 0 Å². The van der Waals surface area contributed by atoms with Gasteiger partial charge >= 0.3 is 5.69 Å². The molecule has 1 aliphatic rings. The summed E-state index contributed by atoms with van der Waals surface area (Å²) in [5.74, 6) is -1.000. The number of anilines is 1. The van der Waals surface area contributed by atoms with E-state index < -0.39 is 42.2 Å². The first-order valence-electron chi connectivity index (χ1n) is 7.48. The Morgan fingerprint density at radius 2 is 2.04 bits per heavy atom. The Labute approximate surface area is 141 Å². The van der Waals surface area contributed by atoms with Crippen LogP contribution in [0.15, 0.2) is 47.4 Å². The zero-order valence-electron chi connectivity index (χ0n) is 12.9. The molecular weight excluding hydrogens is 333 g/mol. The molecule has 4 atom stereocenters. The predicted molar refractivity (Wildman–Crippen MR) is 84.5 cm³/mol. The number of carbonyl (C=O) groups excluding carboxylic acids is 1. The third-order valence-electron chi connectivity index (χ3n) is 4.11. The van der Waals surface area contributed by atoms with E-state index in [0.717, 1.165) is 6.20 Å². The summed E-state index contributed by atoms with van der Waals surface area (Å²) >= 11 is 0. The van der Waals surface area contributed by atoms with Crippen molar-refractivity contribution in [3.63, 3.8) is 0 Å². The van der Waals surface area contributed by atoms with Crippen LogP contribution in [0.3, 0.4) is 0 Å². The van der Waals surface area contributed by atoms with Gasteiger partial charge in [0.1, 0.15) is 18.0 Å². The van der Waals surface area contributed by atoms with E-state index in [4.69, 9.17) is 10.5 Å². The Bertz CT molecular complexity index is 843. The summed E-state index contributed by atoms with van der Waals surface area (Å²) in [6.45, 7) is -0.734. The number of hydrogen-bond donors (Lipinski definition) is 3. The first-order valence-corrected chi connectivity index (χ1v) is 7.48. The third kappa shape index (κ3) is 2.62. The summed E-state index contributed by atoms with van der Waals surface area (Å²) in [7, 11) is 0. The van der Waals surface area contributed by atoms with Crippen LogP contribution in [0, 0.1) is 0 Å². The maximum atomic E-state index is 15.1. The van der Waals surface area contributed by atoms with Crippen molar-refractivity contribution in [3.05, 3.63) is 58.6 Å². The molecule has 2 heterocycles. The SMILES string of the molecule is Nc1ccn([C@]2(C(=O)c3ccccc3)O[C@H](CO)[C@@H](O)[C@H]2F)c(=O)n1. The Morgan fingerprint density at radius 3 is 2.60 bits per heavy atom. The molecule has 1 aromatic carbocycles. The van der Waals surface area contributed by atoms with Gasteiger partial charge in [0.15, 0.2) is 6.17 Å². The van der Waals surface area contributed by atoms with Crippen molar-refractivity contribution in [2.75, 3.05) is 12.3 Å². The highest BCUT2D eigenvalue weighted by Gasteiger charge is 2.62. The summed E-state index contributed by atoms with van der Waals surface area (Å²) in [5.41, 5.74) is 2.00. The van der Waals surface area contributed by atoms with E-state index in [1.807, 2.05) is 0 Å². The fourth-order valence-corrected chi connectivity index (χ4v) is 2.87. The van der Waals surface area contributed by atoms with Gasteiger partial charge in [-0.3, -0.25) is 9.36 Å². The van der Waals surface area contributed by atoms with E-state index in [-0.39, 0.29) is 11.4 Å². The molecule has 1 saturated heterocycles. The third-order valence-corrected chi connectivity index (χ3v) is 4.11. The summed E-state index contributed by atoms with van der Waals surface area (Å²) in [6.07, 6.45) is -4.42. The van der Waals surface area contributed by atoms with E-state index in [1.165, 1.54) is 18.2 Å². The van der Waals surface area contributed by atoms with Crippen LogP contribution in [0.5, 0.6) is 0 Å². The molecule has 132 valence electrons. The average Bonchev–Trinajstić information content (AvgIpc) is 2.87. The molecular formula is C16H16FN3O5. The van der Waals surface area contributed by atoms with Crippen LogP contribution in [-0.2, 0) is 10.5 Å². The van der Waals surface area contributed by atoms with Gasteiger partial charge in [0.25, 0.3) is 0 Å². The lowest BCUT2D eigenvalue weighted by molar-refractivity contribution is -0.105. The van der Waals surface area contributed by atoms with E-state index in [1.54, 1.807) is 18.2 Å². The fraction of sp³-hybridized carbons (Fsp3) is 0.312. The number of nitrogen functional groups attached to an aromatic ring is 1. The number of hydrogen-bond acceptors (Lipinski definition) is 7. The molecule has 0 saturated carbocycles. The number of nitrogens with two attached hydrogens (primary N) is 1. The number of nitrogens with zero attached hydrogens (tertiary/aromatic N) is 2. The number of ether oxygens (including phenoxy) is 1. The van der Waals surface area contributed by atoms with Crippen LogP contribution in [0.25, 0.3) is 0 Å². The number of carbonyl (C=O) groups is 1. The maximum absolute atomic E-state index is 15.1. The van der Waals surface area contributed by atoms with Crippen molar-refractivity contribution in [3.8, 4) is 0 Å². The van der Waals surface area contributed by atoms with E-state index in [0.29, 0.717) is 4.57 Å². The van der Waals surface area contributed by atoms with Crippen molar-refractivity contribution >= 4 is 11.6 Å². The molecule has 0 bridgehead atoms. The Morgan fingerprint density at radius 1 is 1.36 bits per heavy atom. The second kappa shape index (κ2) is 6.36. The summed E-state index contributed by atoms with van der Waals surface area (Å²) < 4.78 is 21.1. The normalized spacial score (nSPS) is 28.8. The van der Waals surface area contributed by atoms with Crippen molar-refractivity contribution in [2.24, 2.45) is 0 Å². The molecule has 1 aromatic heterocycles. The largest absolute Gasteiger partial charge is 0.394 e. The lowest BCUT2D eigenvalue weighted by atomic mass is 9.94. The molecule has 25 heavy (non-hydrogen) atoms. The van der Waals surface area contributed by atoms with E-state index in [2.05, 4.69) is 4.98 Å². The van der Waals surface area contributed by atoms with Gasteiger partial charge in [-0.15, -0.1) is 0 Å². The van der Waals surface area contributed by atoms with Gasteiger partial charge in [0.05, 0.1) is 6.61 Å². The minimum Gasteiger partial charge on any atom is -0.394 e. The van der Waals surface area contributed by atoms with Crippen molar-refractivity contribution in [1.29, 1.82) is 0 Å². The van der Waals surface area contributed by atoms with Crippen molar-refractivity contribution in [1.82, 2.24) is 9.55 Å². The van der Waals surface area contributed by atoms with Gasteiger partial charge in [-0.25, -0.2) is 9.18 Å². The monoisotopic (exact) mass is 349 g/mol. The molecule has 8 nitrogen and oxygen atoms in total. The Kier molecular flexibility index (Phi) is 4.38. The minimum absolute atomic E-state index is 0.0691. The standard InChI is InChI=1S/C16H16FN3O5/c17-13-12(22)10(8-21)25-16(13,14(23)9-4-2-1-3-5-9)20-7-6-11(18)19-15(20)24/h1-7,10,12-13,21-22H,8H2,(H2,18,19,24)/t10-,12-,13-,16+/m1/s1. The predicted octanol–water partition coefficient (Wildman–Crippen LogP) is -0.549. The van der Waals surface area contributed by atoms with Crippen molar-refractivity contribution in [2.45, 2.75) is 24.1 Å². The second-order valence-corrected chi connectivity index (χ2v) is 5.63. The number of ketones is 1. The average molecular weight is 349 g/mol. The minimum atomic E-state index is -2.49. The van der Waals surface area contributed by atoms with Gasteiger partial charge < -0.3 is 20.7 Å². The molecule has 2 aromatic rings. The highest BCUT2D eigenvalue weighted by molar-refractivity contribution is 6.01. The summed E-state index contributed by atoms with van der Waals surface area (Å²) in [4.78, 5) is 28.8. The fourth-order valence-electron chi connectivity index (χ4n) is 2.87.